The lowest BCUT2D eigenvalue weighted by Crippen LogP contribution is -2.40. The highest BCUT2D eigenvalue weighted by atomic mass is 16.3. The summed E-state index contributed by atoms with van der Waals surface area (Å²) in [5.74, 6) is -0.705. The number of imide groups is 1. The number of hydrogen-bond donors (Lipinski definition) is 1. The molecular weight excluding hydrogens is 368 g/mol. The average molecular weight is 388 g/mol. The molecule has 6 heteroatoms. The van der Waals surface area contributed by atoms with E-state index in [4.69, 9.17) is 4.42 Å². The first kappa shape index (κ1) is 17.7. The second-order valence-corrected chi connectivity index (χ2v) is 7.64. The highest BCUT2D eigenvalue weighted by molar-refractivity contribution is 6.22. The first-order valence-corrected chi connectivity index (χ1v) is 9.94. The molecule has 0 saturated heterocycles. The van der Waals surface area contributed by atoms with E-state index in [1.165, 1.54) is 4.90 Å². The van der Waals surface area contributed by atoms with Crippen molar-refractivity contribution in [2.75, 3.05) is 5.32 Å². The minimum Gasteiger partial charge on any atom is -0.451 e. The number of para-hydroxylation sites is 1. The van der Waals surface area contributed by atoms with Crippen LogP contribution in [-0.2, 0) is 0 Å². The summed E-state index contributed by atoms with van der Waals surface area (Å²) in [5, 5.41) is 3.61. The quantitative estimate of drug-likeness (QED) is 0.664. The number of nitrogens with one attached hydrogen (secondary N) is 1. The van der Waals surface area contributed by atoms with E-state index in [2.05, 4.69) is 5.32 Å². The normalized spacial score (nSPS) is 17.0. The van der Waals surface area contributed by atoms with E-state index in [-0.39, 0.29) is 23.6 Å². The Morgan fingerprint density at radius 1 is 0.931 bits per heavy atom. The molecule has 2 heterocycles. The van der Waals surface area contributed by atoms with Gasteiger partial charge in [-0.1, -0.05) is 37.5 Å². The summed E-state index contributed by atoms with van der Waals surface area (Å²) >= 11 is 0. The van der Waals surface area contributed by atoms with Crippen LogP contribution in [0.2, 0.25) is 0 Å². The van der Waals surface area contributed by atoms with Crippen molar-refractivity contribution in [3.8, 4) is 0 Å². The van der Waals surface area contributed by atoms with Crippen LogP contribution >= 0.6 is 0 Å². The van der Waals surface area contributed by atoms with Gasteiger partial charge >= 0.3 is 0 Å². The lowest BCUT2D eigenvalue weighted by atomic mass is 9.94. The fraction of sp³-hybridized carbons (Fsp3) is 0.261. The average Bonchev–Trinajstić information content (AvgIpc) is 3.28. The molecule has 1 aliphatic heterocycles. The van der Waals surface area contributed by atoms with Crippen molar-refractivity contribution in [1.82, 2.24) is 4.90 Å². The zero-order valence-corrected chi connectivity index (χ0v) is 15.8. The predicted molar refractivity (Wildman–Crippen MR) is 108 cm³/mol. The summed E-state index contributed by atoms with van der Waals surface area (Å²) in [7, 11) is 0. The maximum Gasteiger partial charge on any atom is 0.291 e. The molecule has 0 unspecified atom stereocenters. The lowest BCUT2D eigenvalue weighted by molar-refractivity contribution is 0.0548. The SMILES string of the molecule is O=C(Nc1ccc2c(c1)C(=O)N(C1CCCCC1)C2=O)c1cc2ccccc2o1. The Morgan fingerprint density at radius 2 is 1.69 bits per heavy atom. The number of anilines is 1. The number of carbonyl (C=O) groups is 3. The van der Waals surface area contributed by atoms with Gasteiger partial charge in [0, 0.05) is 17.1 Å². The van der Waals surface area contributed by atoms with E-state index >= 15 is 0 Å². The molecule has 146 valence electrons. The van der Waals surface area contributed by atoms with Gasteiger partial charge in [0.25, 0.3) is 17.7 Å². The summed E-state index contributed by atoms with van der Waals surface area (Å²) in [6.07, 6.45) is 4.95. The smallest absolute Gasteiger partial charge is 0.291 e. The van der Waals surface area contributed by atoms with E-state index in [1.807, 2.05) is 18.2 Å². The summed E-state index contributed by atoms with van der Waals surface area (Å²) in [4.78, 5) is 39.7. The number of hydrogen-bond acceptors (Lipinski definition) is 4. The molecule has 1 fully saturated rings. The highest BCUT2D eigenvalue weighted by Gasteiger charge is 2.40. The third kappa shape index (κ3) is 3.01. The minimum absolute atomic E-state index is 0.0234. The molecule has 3 amide bonds. The van der Waals surface area contributed by atoms with Gasteiger partial charge in [-0.15, -0.1) is 0 Å². The Balaban J connectivity index is 1.39. The molecule has 1 N–H and O–H groups in total. The fourth-order valence-corrected chi connectivity index (χ4v) is 4.29. The molecule has 0 radical (unpaired) electrons. The van der Waals surface area contributed by atoms with Crippen molar-refractivity contribution in [3.05, 3.63) is 65.4 Å². The Morgan fingerprint density at radius 3 is 2.48 bits per heavy atom. The van der Waals surface area contributed by atoms with Crippen LogP contribution in [0.25, 0.3) is 11.0 Å². The second kappa shape index (κ2) is 6.88. The van der Waals surface area contributed by atoms with Gasteiger partial charge in [0.1, 0.15) is 5.58 Å². The van der Waals surface area contributed by atoms with Crippen LogP contribution in [0.4, 0.5) is 5.69 Å². The van der Waals surface area contributed by atoms with Crippen LogP contribution in [-0.4, -0.2) is 28.7 Å². The molecule has 1 aromatic heterocycles. The molecule has 0 bridgehead atoms. The Bertz CT molecular complexity index is 1110. The van der Waals surface area contributed by atoms with Crippen LogP contribution in [0, 0.1) is 0 Å². The molecular formula is C23H20N2O4. The third-order valence-electron chi connectivity index (χ3n) is 5.77. The molecule has 29 heavy (non-hydrogen) atoms. The largest absolute Gasteiger partial charge is 0.451 e. The van der Waals surface area contributed by atoms with Gasteiger partial charge in [-0.2, -0.15) is 0 Å². The van der Waals surface area contributed by atoms with Gasteiger partial charge in [0.15, 0.2) is 5.76 Å². The van der Waals surface area contributed by atoms with Crippen LogP contribution in [0.15, 0.2) is 52.9 Å². The van der Waals surface area contributed by atoms with Crippen LogP contribution in [0.1, 0.15) is 63.4 Å². The molecule has 0 spiro atoms. The predicted octanol–water partition coefficient (Wildman–Crippen LogP) is 4.61. The first-order valence-electron chi connectivity index (χ1n) is 9.94. The molecule has 3 aromatic rings. The van der Waals surface area contributed by atoms with Gasteiger partial charge < -0.3 is 9.73 Å². The summed E-state index contributed by atoms with van der Waals surface area (Å²) in [6.45, 7) is 0. The van der Waals surface area contributed by atoms with Gasteiger partial charge in [-0.25, -0.2) is 0 Å². The number of carbonyl (C=O) groups excluding carboxylic acids is 3. The Kier molecular flexibility index (Phi) is 4.19. The second-order valence-electron chi connectivity index (χ2n) is 7.64. The summed E-state index contributed by atoms with van der Waals surface area (Å²) < 4.78 is 5.59. The van der Waals surface area contributed by atoms with Crippen molar-refractivity contribution >= 4 is 34.4 Å². The zero-order valence-electron chi connectivity index (χ0n) is 15.8. The van der Waals surface area contributed by atoms with E-state index < -0.39 is 5.91 Å². The number of rotatable bonds is 3. The molecule has 5 rings (SSSR count). The molecule has 1 aliphatic carbocycles. The molecule has 0 atom stereocenters. The van der Waals surface area contributed by atoms with Crippen LogP contribution in [0.5, 0.6) is 0 Å². The zero-order chi connectivity index (χ0) is 20.0. The van der Waals surface area contributed by atoms with Crippen molar-refractivity contribution in [2.45, 2.75) is 38.1 Å². The topological polar surface area (TPSA) is 79.6 Å². The van der Waals surface area contributed by atoms with Crippen LogP contribution < -0.4 is 5.32 Å². The van der Waals surface area contributed by atoms with E-state index in [0.29, 0.717) is 22.4 Å². The van der Waals surface area contributed by atoms with Crippen molar-refractivity contribution in [2.24, 2.45) is 0 Å². The van der Waals surface area contributed by atoms with Gasteiger partial charge in [0.05, 0.1) is 11.1 Å². The van der Waals surface area contributed by atoms with E-state index in [9.17, 15) is 14.4 Å². The Labute approximate surface area is 167 Å². The van der Waals surface area contributed by atoms with Crippen molar-refractivity contribution < 1.29 is 18.8 Å². The van der Waals surface area contributed by atoms with E-state index in [1.54, 1.807) is 30.3 Å². The number of benzene rings is 2. The molecule has 2 aromatic carbocycles. The highest BCUT2D eigenvalue weighted by Crippen LogP contribution is 2.32. The number of furan rings is 1. The summed E-state index contributed by atoms with van der Waals surface area (Å²) in [6, 6.07) is 13.9. The first-order chi connectivity index (χ1) is 14.1. The monoisotopic (exact) mass is 388 g/mol. The fourth-order valence-electron chi connectivity index (χ4n) is 4.29. The molecule has 2 aliphatic rings. The number of nitrogens with zero attached hydrogens (tertiary/aromatic N) is 1. The van der Waals surface area contributed by atoms with Gasteiger partial charge in [0.2, 0.25) is 0 Å². The maximum absolute atomic E-state index is 12.9. The summed E-state index contributed by atoms with van der Waals surface area (Å²) in [5.41, 5.74) is 1.85. The standard InChI is InChI=1S/C23H20N2O4/c26-21(20-12-14-6-4-5-9-19(14)29-20)24-15-10-11-17-18(13-15)23(28)25(22(17)27)16-7-2-1-3-8-16/h4-6,9-13,16H,1-3,7-8H2,(H,24,26). The van der Waals surface area contributed by atoms with Gasteiger partial charge in [-0.05, 0) is 43.2 Å². The molecule has 1 saturated carbocycles. The number of fused-ring (bicyclic) bond motifs is 2. The van der Waals surface area contributed by atoms with E-state index in [0.717, 1.165) is 37.5 Å². The lowest BCUT2D eigenvalue weighted by Gasteiger charge is -2.29. The van der Waals surface area contributed by atoms with Crippen molar-refractivity contribution in [3.63, 3.8) is 0 Å². The minimum atomic E-state index is -0.401. The van der Waals surface area contributed by atoms with Crippen LogP contribution in [0.3, 0.4) is 0 Å². The van der Waals surface area contributed by atoms with Gasteiger partial charge in [-0.3, -0.25) is 19.3 Å². The maximum atomic E-state index is 12.9. The third-order valence-corrected chi connectivity index (χ3v) is 5.77. The Hall–Kier alpha value is -3.41. The molecule has 6 nitrogen and oxygen atoms in total. The van der Waals surface area contributed by atoms with Crippen molar-refractivity contribution in [1.29, 1.82) is 0 Å². The number of amides is 3.